The number of nitrogens with zero attached hydrogens (tertiary/aromatic N) is 2. The van der Waals surface area contributed by atoms with Crippen molar-refractivity contribution in [3.63, 3.8) is 0 Å². The molecule has 0 aliphatic rings. The Balaban J connectivity index is 2.03. The van der Waals surface area contributed by atoms with Gasteiger partial charge in [-0.1, -0.05) is 90.1 Å². The summed E-state index contributed by atoms with van der Waals surface area (Å²) in [5.74, 6) is 0. The van der Waals surface area contributed by atoms with Gasteiger partial charge in [0.1, 0.15) is 14.1 Å². The van der Waals surface area contributed by atoms with Gasteiger partial charge >= 0.3 is 0 Å². The first kappa shape index (κ1) is 31.7. The van der Waals surface area contributed by atoms with E-state index in [1.54, 1.807) is 0 Å². The molecule has 2 nitrogen and oxygen atoms in total. The third kappa shape index (κ3) is 5.96. The van der Waals surface area contributed by atoms with Crippen LogP contribution in [0.1, 0.15) is 113 Å². The third-order valence-corrected chi connectivity index (χ3v) is 9.59. The molecular formula is C40H54N2+2. The van der Waals surface area contributed by atoms with Crippen molar-refractivity contribution in [1.29, 1.82) is 0 Å². The van der Waals surface area contributed by atoms with Crippen LogP contribution in [0.3, 0.4) is 0 Å². The van der Waals surface area contributed by atoms with E-state index in [1.807, 2.05) is 0 Å². The van der Waals surface area contributed by atoms with Gasteiger partial charge < -0.3 is 0 Å². The van der Waals surface area contributed by atoms with Crippen molar-refractivity contribution in [2.24, 2.45) is 14.1 Å². The van der Waals surface area contributed by atoms with Crippen LogP contribution in [-0.4, -0.2) is 0 Å². The summed E-state index contributed by atoms with van der Waals surface area (Å²) in [4.78, 5) is 0. The standard InChI is InChI=1S/C40H54N2/c1-28-18-14-16-20-33(28)39(9,10)35-26-31(38(6,7)8)24-32(42(35)13)27-40(11,34-21-17-15-19-29(34)2)36-25-30(37(3,4)5)22-23-41(36)12/h14-26H,27H2,1-13H3/q+2. The van der Waals surface area contributed by atoms with Gasteiger partial charge in [-0.15, -0.1) is 0 Å². The minimum atomic E-state index is -0.250. The minimum absolute atomic E-state index is 0.0233. The molecule has 0 aliphatic heterocycles. The second-order valence-electron chi connectivity index (χ2n) is 15.4. The lowest BCUT2D eigenvalue weighted by Crippen LogP contribution is -2.50. The first-order valence-electron chi connectivity index (χ1n) is 15.5. The highest BCUT2D eigenvalue weighted by Gasteiger charge is 2.43. The third-order valence-electron chi connectivity index (χ3n) is 9.59. The molecular weight excluding hydrogens is 508 g/mol. The molecule has 42 heavy (non-hydrogen) atoms. The molecule has 0 saturated carbocycles. The van der Waals surface area contributed by atoms with Gasteiger partial charge in [-0.05, 0) is 78.8 Å². The first-order chi connectivity index (χ1) is 19.4. The van der Waals surface area contributed by atoms with Crippen LogP contribution >= 0.6 is 0 Å². The van der Waals surface area contributed by atoms with Crippen LogP contribution in [0, 0.1) is 13.8 Å². The monoisotopic (exact) mass is 562 g/mol. The Morgan fingerprint density at radius 3 is 1.60 bits per heavy atom. The molecule has 0 saturated heterocycles. The number of benzene rings is 2. The zero-order chi connectivity index (χ0) is 31.3. The fourth-order valence-electron chi connectivity index (χ4n) is 6.79. The van der Waals surface area contributed by atoms with E-state index in [-0.39, 0.29) is 21.7 Å². The minimum Gasteiger partial charge on any atom is -0.204 e. The summed E-state index contributed by atoms with van der Waals surface area (Å²) in [6.07, 6.45) is 3.14. The van der Waals surface area contributed by atoms with Crippen molar-refractivity contribution in [1.82, 2.24) is 0 Å². The van der Waals surface area contributed by atoms with Crippen LogP contribution in [0.2, 0.25) is 0 Å². The Morgan fingerprint density at radius 2 is 1.07 bits per heavy atom. The van der Waals surface area contributed by atoms with E-state index in [2.05, 4.69) is 178 Å². The van der Waals surface area contributed by atoms with Gasteiger partial charge in [-0.2, -0.15) is 0 Å². The van der Waals surface area contributed by atoms with Crippen LogP contribution in [-0.2, 0) is 42.2 Å². The van der Waals surface area contributed by atoms with E-state index in [0.717, 1.165) is 6.42 Å². The molecule has 2 aromatic carbocycles. The zero-order valence-electron chi connectivity index (χ0n) is 28.6. The first-order valence-corrected chi connectivity index (χ1v) is 15.5. The molecule has 0 amide bonds. The lowest BCUT2D eigenvalue weighted by atomic mass is 9.71. The predicted molar refractivity (Wildman–Crippen MR) is 177 cm³/mol. The Bertz CT molecular complexity index is 1590. The molecule has 222 valence electrons. The molecule has 1 atom stereocenters. The molecule has 0 fully saturated rings. The van der Waals surface area contributed by atoms with E-state index in [0.29, 0.717) is 0 Å². The average molecular weight is 563 g/mol. The van der Waals surface area contributed by atoms with Crippen LogP contribution in [0.15, 0.2) is 79.0 Å². The fourth-order valence-corrected chi connectivity index (χ4v) is 6.79. The number of rotatable bonds is 6. The van der Waals surface area contributed by atoms with E-state index in [1.165, 1.54) is 50.5 Å². The molecule has 0 bridgehead atoms. The number of hydrogen-bond donors (Lipinski definition) is 0. The van der Waals surface area contributed by atoms with Crippen molar-refractivity contribution >= 4 is 0 Å². The van der Waals surface area contributed by atoms with Crippen molar-refractivity contribution in [3.8, 4) is 0 Å². The molecule has 4 rings (SSSR count). The van der Waals surface area contributed by atoms with Crippen molar-refractivity contribution in [3.05, 3.63) is 129 Å². The second kappa shape index (κ2) is 11.1. The highest BCUT2D eigenvalue weighted by atomic mass is 15.0. The van der Waals surface area contributed by atoms with Gasteiger partial charge in [-0.3, -0.25) is 0 Å². The second-order valence-corrected chi connectivity index (χ2v) is 15.4. The summed E-state index contributed by atoms with van der Waals surface area (Å²) in [7, 11) is 4.48. The Labute approximate surface area is 256 Å². The van der Waals surface area contributed by atoms with Gasteiger partial charge in [0.05, 0.1) is 17.3 Å². The predicted octanol–water partition coefficient (Wildman–Crippen LogP) is 8.42. The van der Waals surface area contributed by atoms with Crippen LogP contribution < -0.4 is 9.13 Å². The van der Waals surface area contributed by atoms with E-state index < -0.39 is 0 Å². The smallest absolute Gasteiger partial charge is 0.192 e. The maximum Gasteiger partial charge on any atom is 0.192 e. The summed E-state index contributed by atoms with van der Waals surface area (Å²) in [6, 6.07) is 27.5. The van der Waals surface area contributed by atoms with Gasteiger partial charge in [0.2, 0.25) is 0 Å². The number of hydrogen-bond acceptors (Lipinski definition) is 0. The van der Waals surface area contributed by atoms with Crippen molar-refractivity contribution < 1.29 is 9.13 Å². The molecule has 0 radical (unpaired) electrons. The number of aromatic nitrogens is 2. The van der Waals surface area contributed by atoms with E-state index in [4.69, 9.17) is 0 Å². The lowest BCUT2D eigenvalue weighted by Gasteiger charge is -2.32. The van der Waals surface area contributed by atoms with Crippen molar-refractivity contribution in [2.45, 2.75) is 104 Å². The number of pyridine rings is 2. The highest BCUT2D eigenvalue weighted by molar-refractivity contribution is 5.43. The Hall–Kier alpha value is -3.26. The SMILES string of the molecule is Cc1ccccc1C(C)(C)c1cc(C(C)(C)C)cc(CC(C)(c2ccccc2C)c2cc(C(C)(C)C)cc[n+]2C)[n+]1C. The van der Waals surface area contributed by atoms with E-state index >= 15 is 0 Å². The largest absolute Gasteiger partial charge is 0.204 e. The average Bonchev–Trinajstić information content (AvgIpc) is 2.89. The maximum atomic E-state index is 2.49. The molecule has 0 spiro atoms. The van der Waals surface area contributed by atoms with Crippen molar-refractivity contribution in [2.75, 3.05) is 0 Å². The highest BCUT2D eigenvalue weighted by Crippen LogP contribution is 2.39. The topological polar surface area (TPSA) is 7.76 Å². The van der Waals surface area contributed by atoms with Crippen LogP contribution in [0.5, 0.6) is 0 Å². The lowest BCUT2D eigenvalue weighted by molar-refractivity contribution is -0.692. The van der Waals surface area contributed by atoms with Gasteiger partial charge in [-0.25, -0.2) is 9.13 Å². The van der Waals surface area contributed by atoms with Gasteiger partial charge in [0, 0.05) is 24.3 Å². The van der Waals surface area contributed by atoms with Crippen LogP contribution in [0.4, 0.5) is 0 Å². The molecule has 0 aliphatic carbocycles. The summed E-state index contributed by atoms with van der Waals surface area (Å²) in [5.41, 5.74) is 11.9. The summed E-state index contributed by atoms with van der Waals surface area (Å²) in [5, 5.41) is 0. The van der Waals surface area contributed by atoms with E-state index in [9.17, 15) is 0 Å². The molecule has 2 heteroatoms. The van der Waals surface area contributed by atoms with Crippen LogP contribution in [0.25, 0.3) is 0 Å². The maximum absolute atomic E-state index is 2.49. The molecule has 2 aromatic heterocycles. The normalized spacial score (nSPS) is 14.1. The Morgan fingerprint density at radius 1 is 0.571 bits per heavy atom. The van der Waals surface area contributed by atoms with Gasteiger partial charge in [0.25, 0.3) is 0 Å². The molecule has 1 unspecified atom stereocenters. The zero-order valence-corrected chi connectivity index (χ0v) is 28.6. The molecule has 0 N–H and O–H groups in total. The summed E-state index contributed by atoms with van der Waals surface area (Å²) >= 11 is 0. The van der Waals surface area contributed by atoms with Gasteiger partial charge in [0.15, 0.2) is 23.3 Å². The molecule has 4 aromatic rings. The quantitative estimate of drug-likeness (QED) is 0.208. The number of aryl methyl sites for hydroxylation is 3. The Kier molecular flexibility index (Phi) is 8.37. The molecule has 2 heterocycles. The fraction of sp³-hybridized carbons (Fsp3) is 0.450. The summed E-state index contributed by atoms with van der Waals surface area (Å²) in [6.45, 7) is 25.7. The summed E-state index contributed by atoms with van der Waals surface area (Å²) < 4.78 is 4.83.